The number of amides is 2. The van der Waals surface area contributed by atoms with Crippen molar-refractivity contribution in [2.24, 2.45) is 10.2 Å². The smallest absolute Gasteiger partial charge is 0.240 e. The molecule has 0 aliphatic heterocycles. The van der Waals surface area contributed by atoms with E-state index in [0.717, 1.165) is 11.1 Å². The summed E-state index contributed by atoms with van der Waals surface area (Å²) in [6, 6.07) is 7.13. The maximum atomic E-state index is 11.6. The molecular weight excluding hydrogens is 308 g/mol. The number of carbonyl (C=O) groups excluding carboxylic acids is 2. The lowest BCUT2D eigenvalue weighted by molar-refractivity contribution is -0.126. The van der Waals surface area contributed by atoms with Gasteiger partial charge >= 0.3 is 0 Å². The van der Waals surface area contributed by atoms with Crippen molar-refractivity contribution >= 4 is 24.2 Å². The van der Waals surface area contributed by atoms with E-state index in [4.69, 9.17) is 0 Å². The Morgan fingerprint density at radius 3 is 1.71 bits per heavy atom. The maximum Gasteiger partial charge on any atom is 0.240 e. The molecule has 8 heteroatoms. The molecule has 0 aromatic carbocycles. The molecule has 0 spiro atoms. The van der Waals surface area contributed by atoms with Gasteiger partial charge in [0.2, 0.25) is 11.8 Å². The van der Waals surface area contributed by atoms with Gasteiger partial charge in [-0.2, -0.15) is 10.2 Å². The van der Waals surface area contributed by atoms with E-state index in [1.165, 1.54) is 12.4 Å². The van der Waals surface area contributed by atoms with E-state index in [1.54, 1.807) is 49.1 Å². The second-order valence-electron chi connectivity index (χ2n) is 4.66. The van der Waals surface area contributed by atoms with Crippen LogP contribution in [0.15, 0.2) is 59.3 Å². The minimum absolute atomic E-state index is 0.0125. The van der Waals surface area contributed by atoms with Crippen molar-refractivity contribution in [1.29, 1.82) is 0 Å². The van der Waals surface area contributed by atoms with Gasteiger partial charge < -0.3 is 0 Å². The van der Waals surface area contributed by atoms with Gasteiger partial charge in [0, 0.05) is 48.8 Å². The highest BCUT2D eigenvalue weighted by molar-refractivity contribution is 5.86. The normalized spacial score (nSPS) is 10.8. The Morgan fingerprint density at radius 1 is 0.875 bits per heavy atom. The Kier molecular flexibility index (Phi) is 6.75. The van der Waals surface area contributed by atoms with Crippen molar-refractivity contribution in [3.05, 3.63) is 60.2 Å². The molecule has 0 bridgehead atoms. The molecule has 2 aromatic heterocycles. The molecule has 8 nitrogen and oxygen atoms in total. The molecule has 0 unspecified atom stereocenters. The van der Waals surface area contributed by atoms with Gasteiger partial charge in [0.1, 0.15) is 0 Å². The number of nitrogens with zero attached hydrogens (tertiary/aromatic N) is 4. The average Bonchev–Trinajstić information content (AvgIpc) is 2.62. The molecule has 0 saturated carbocycles. The van der Waals surface area contributed by atoms with E-state index in [9.17, 15) is 9.59 Å². The number of rotatable bonds is 7. The van der Waals surface area contributed by atoms with Gasteiger partial charge in [-0.3, -0.25) is 19.6 Å². The number of nitrogens with one attached hydrogen (secondary N) is 2. The Morgan fingerprint density at radius 2 is 1.33 bits per heavy atom. The van der Waals surface area contributed by atoms with Crippen LogP contribution in [0.25, 0.3) is 0 Å². The zero-order valence-electron chi connectivity index (χ0n) is 12.8. The van der Waals surface area contributed by atoms with Gasteiger partial charge in [-0.1, -0.05) is 12.1 Å². The third kappa shape index (κ3) is 6.56. The van der Waals surface area contributed by atoms with Gasteiger partial charge in [-0.15, -0.1) is 0 Å². The van der Waals surface area contributed by atoms with E-state index in [-0.39, 0.29) is 24.7 Å². The molecule has 2 rings (SSSR count). The van der Waals surface area contributed by atoms with Gasteiger partial charge in [-0.25, -0.2) is 10.9 Å². The molecule has 0 saturated heterocycles. The Bertz CT molecular complexity index is 652. The van der Waals surface area contributed by atoms with E-state index in [0.29, 0.717) is 0 Å². The molecule has 0 atom stereocenters. The Labute approximate surface area is 138 Å². The quantitative estimate of drug-likeness (QED) is 0.581. The fourth-order valence-electron chi connectivity index (χ4n) is 1.60. The van der Waals surface area contributed by atoms with E-state index in [2.05, 4.69) is 31.0 Å². The first-order chi connectivity index (χ1) is 11.7. The van der Waals surface area contributed by atoms with Crippen LogP contribution in [0.5, 0.6) is 0 Å². The second-order valence-corrected chi connectivity index (χ2v) is 4.66. The standard InChI is InChI=1S/C16H16N6O2/c23-15(21-19-11-13-3-1-7-17-9-13)5-6-16(24)22-20-12-14-4-2-8-18-10-14/h1-4,7-12H,5-6H2,(H,21,23)(H,22,24)/b19-11-,20-12-. The SMILES string of the molecule is O=C(CCC(=O)N/N=C\c1cccnc1)N/N=C\c1cccnc1. The highest BCUT2D eigenvalue weighted by Gasteiger charge is 2.05. The molecule has 0 aliphatic rings. The second kappa shape index (κ2) is 9.57. The number of hydrogen-bond donors (Lipinski definition) is 2. The van der Waals surface area contributed by atoms with Crippen molar-refractivity contribution in [2.75, 3.05) is 0 Å². The molecular formula is C16H16N6O2. The minimum Gasteiger partial charge on any atom is -0.273 e. The predicted molar refractivity (Wildman–Crippen MR) is 89.2 cm³/mol. The first-order valence-corrected chi connectivity index (χ1v) is 7.18. The summed E-state index contributed by atoms with van der Waals surface area (Å²) in [5.41, 5.74) is 6.22. The van der Waals surface area contributed by atoms with Crippen molar-refractivity contribution in [3.63, 3.8) is 0 Å². The van der Waals surface area contributed by atoms with Crippen LogP contribution in [-0.2, 0) is 9.59 Å². The fraction of sp³-hybridized carbons (Fsp3) is 0.125. The largest absolute Gasteiger partial charge is 0.273 e. The van der Waals surface area contributed by atoms with E-state index < -0.39 is 0 Å². The number of hydrazone groups is 2. The monoisotopic (exact) mass is 324 g/mol. The Balaban J connectivity index is 1.65. The maximum absolute atomic E-state index is 11.6. The molecule has 2 aromatic rings. The number of hydrogen-bond acceptors (Lipinski definition) is 6. The summed E-state index contributed by atoms with van der Waals surface area (Å²) in [7, 11) is 0. The third-order valence-electron chi connectivity index (χ3n) is 2.75. The minimum atomic E-state index is -0.360. The van der Waals surface area contributed by atoms with Crippen LogP contribution in [0.4, 0.5) is 0 Å². The van der Waals surface area contributed by atoms with Gasteiger partial charge in [0.05, 0.1) is 12.4 Å². The first-order valence-electron chi connectivity index (χ1n) is 7.18. The molecule has 0 radical (unpaired) electrons. The molecule has 2 N–H and O–H groups in total. The van der Waals surface area contributed by atoms with Crippen molar-refractivity contribution in [1.82, 2.24) is 20.8 Å². The van der Waals surface area contributed by atoms with E-state index >= 15 is 0 Å². The summed E-state index contributed by atoms with van der Waals surface area (Å²) in [5.74, 6) is -0.719. The zero-order valence-corrected chi connectivity index (χ0v) is 12.8. The molecule has 0 fully saturated rings. The predicted octanol–water partition coefficient (Wildman–Crippen LogP) is 0.857. The lowest BCUT2D eigenvalue weighted by Gasteiger charge is -2.00. The van der Waals surface area contributed by atoms with Crippen LogP contribution in [0.2, 0.25) is 0 Å². The average molecular weight is 324 g/mol. The third-order valence-corrected chi connectivity index (χ3v) is 2.75. The Hall–Kier alpha value is -3.42. The van der Waals surface area contributed by atoms with Crippen molar-refractivity contribution in [3.8, 4) is 0 Å². The summed E-state index contributed by atoms with van der Waals surface area (Å²) in [6.07, 6.45) is 9.49. The highest BCUT2D eigenvalue weighted by Crippen LogP contribution is 1.93. The van der Waals surface area contributed by atoms with Gasteiger partial charge in [0.15, 0.2) is 0 Å². The van der Waals surface area contributed by atoms with Crippen LogP contribution in [0.3, 0.4) is 0 Å². The van der Waals surface area contributed by atoms with E-state index in [1.807, 2.05) is 0 Å². The number of carbonyl (C=O) groups is 2. The fourth-order valence-corrected chi connectivity index (χ4v) is 1.60. The molecule has 2 heterocycles. The molecule has 24 heavy (non-hydrogen) atoms. The topological polar surface area (TPSA) is 109 Å². The lowest BCUT2D eigenvalue weighted by Crippen LogP contribution is -2.22. The summed E-state index contributed by atoms with van der Waals surface area (Å²) in [5, 5.41) is 7.58. The number of aromatic nitrogens is 2. The van der Waals surface area contributed by atoms with Crippen molar-refractivity contribution in [2.45, 2.75) is 12.8 Å². The van der Waals surface area contributed by atoms with Gasteiger partial charge in [-0.05, 0) is 12.1 Å². The summed E-state index contributed by atoms with van der Waals surface area (Å²) < 4.78 is 0. The highest BCUT2D eigenvalue weighted by atomic mass is 16.2. The number of pyridine rings is 2. The van der Waals surface area contributed by atoms with Crippen LogP contribution < -0.4 is 10.9 Å². The molecule has 122 valence electrons. The van der Waals surface area contributed by atoms with Crippen LogP contribution in [0.1, 0.15) is 24.0 Å². The van der Waals surface area contributed by atoms with Crippen LogP contribution in [0, 0.1) is 0 Å². The first kappa shape index (κ1) is 16.9. The summed E-state index contributed by atoms with van der Waals surface area (Å²) in [4.78, 5) is 31.0. The summed E-state index contributed by atoms with van der Waals surface area (Å²) in [6.45, 7) is 0. The molecule has 2 amide bonds. The van der Waals surface area contributed by atoms with Crippen molar-refractivity contribution < 1.29 is 9.59 Å². The zero-order chi connectivity index (χ0) is 17.0. The summed E-state index contributed by atoms with van der Waals surface area (Å²) >= 11 is 0. The van der Waals surface area contributed by atoms with Crippen LogP contribution >= 0.6 is 0 Å². The van der Waals surface area contributed by atoms with Crippen LogP contribution in [-0.4, -0.2) is 34.2 Å². The molecule has 0 aliphatic carbocycles. The van der Waals surface area contributed by atoms with Gasteiger partial charge in [0.25, 0.3) is 0 Å². The lowest BCUT2D eigenvalue weighted by atomic mass is 10.3.